The smallest absolute Gasteiger partial charge is 0.307 e. The Hall–Kier alpha value is -4.01. The number of fused-ring (bicyclic) bond motifs is 3. The van der Waals surface area contributed by atoms with Crippen LogP contribution >= 0.6 is 0 Å². The van der Waals surface area contributed by atoms with Crippen LogP contribution in [0.4, 0.5) is 11.4 Å². The van der Waals surface area contributed by atoms with Crippen LogP contribution in [0.1, 0.15) is 40.0 Å². The first-order valence-corrected chi connectivity index (χ1v) is 9.89. The number of Topliss-reactive ketones (excluding diaryl/α,β-unsaturated/α-hetero) is 2. The molecular formula is C23H22N2O7. The average molecular weight is 438 g/mol. The van der Waals surface area contributed by atoms with Gasteiger partial charge in [-0.3, -0.25) is 24.0 Å². The minimum absolute atomic E-state index is 0.0614. The summed E-state index contributed by atoms with van der Waals surface area (Å²) in [5.41, 5.74) is 2.60. The Morgan fingerprint density at radius 2 is 1.25 bits per heavy atom. The first-order chi connectivity index (χ1) is 15.3. The van der Waals surface area contributed by atoms with Crippen molar-refractivity contribution in [1.29, 1.82) is 0 Å². The molecule has 0 bridgehead atoms. The zero-order valence-electron chi connectivity index (χ0n) is 17.7. The summed E-state index contributed by atoms with van der Waals surface area (Å²) < 4.78 is 9.09. The number of esters is 2. The molecule has 0 saturated heterocycles. The van der Waals surface area contributed by atoms with Gasteiger partial charge in [-0.25, -0.2) is 0 Å². The van der Waals surface area contributed by atoms with Gasteiger partial charge in [0.15, 0.2) is 0 Å². The molecule has 0 heterocycles. The molecule has 1 aliphatic carbocycles. The molecule has 2 aromatic rings. The highest BCUT2D eigenvalue weighted by atomic mass is 16.5. The Kier molecular flexibility index (Phi) is 6.99. The van der Waals surface area contributed by atoms with Crippen LogP contribution in [0, 0.1) is 0 Å². The number of nitrogens with one attached hydrogen (secondary N) is 2. The molecule has 3 rings (SSSR count). The number of carbonyl (C=O) groups excluding carboxylic acids is 5. The van der Waals surface area contributed by atoms with E-state index in [9.17, 15) is 24.0 Å². The molecule has 0 saturated carbocycles. The van der Waals surface area contributed by atoms with E-state index in [0.717, 1.165) is 0 Å². The maximum atomic E-state index is 12.7. The fourth-order valence-corrected chi connectivity index (χ4v) is 3.32. The number of ketones is 2. The normalized spacial score (nSPS) is 11.8. The van der Waals surface area contributed by atoms with Gasteiger partial charge < -0.3 is 20.1 Å². The molecule has 1 aliphatic rings. The van der Waals surface area contributed by atoms with E-state index in [1.165, 1.54) is 20.3 Å². The van der Waals surface area contributed by atoms with E-state index < -0.39 is 23.4 Å². The summed E-state index contributed by atoms with van der Waals surface area (Å²) in [7, 11) is 2.55. The molecule has 1 amide bonds. The van der Waals surface area contributed by atoms with Crippen LogP contribution in [0.3, 0.4) is 0 Å². The number of carbonyl (C=O) groups is 5. The van der Waals surface area contributed by atoms with Crippen molar-refractivity contribution in [2.24, 2.45) is 0 Å². The summed E-state index contributed by atoms with van der Waals surface area (Å²) in [6.45, 7) is 0.323. The molecule has 166 valence electrons. The number of anilines is 2. The van der Waals surface area contributed by atoms with Crippen molar-refractivity contribution in [3.8, 4) is 11.1 Å². The van der Waals surface area contributed by atoms with E-state index in [0.29, 0.717) is 29.0 Å². The lowest BCUT2D eigenvalue weighted by Gasteiger charge is -2.20. The van der Waals surface area contributed by atoms with Gasteiger partial charge in [-0.15, -0.1) is 0 Å². The van der Waals surface area contributed by atoms with Crippen molar-refractivity contribution in [1.82, 2.24) is 0 Å². The molecule has 0 fully saturated rings. The Morgan fingerprint density at radius 1 is 0.719 bits per heavy atom. The molecule has 2 aromatic carbocycles. The third-order valence-electron chi connectivity index (χ3n) is 4.98. The minimum atomic E-state index is -0.676. The van der Waals surface area contributed by atoms with Gasteiger partial charge in [0.05, 0.1) is 27.1 Å². The summed E-state index contributed by atoms with van der Waals surface area (Å²) in [6.07, 6.45) is 0.0384. The molecular weight excluding hydrogens is 416 g/mol. The van der Waals surface area contributed by atoms with Gasteiger partial charge in [-0.1, -0.05) is 12.1 Å². The lowest BCUT2D eigenvalue weighted by atomic mass is 9.83. The van der Waals surface area contributed by atoms with E-state index >= 15 is 0 Å². The molecule has 32 heavy (non-hydrogen) atoms. The highest BCUT2D eigenvalue weighted by molar-refractivity contribution is 6.53. The predicted molar refractivity (Wildman–Crippen MR) is 116 cm³/mol. The molecule has 0 spiro atoms. The Bertz CT molecular complexity index is 1110. The lowest BCUT2D eigenvalue weighted by molar-refractivity contribution is -0.142. The number of rotatable bonds is 8. The van der Waals surface area contributed by atoms with Crippen molar-refractivity contribution < 1.29 is 33.4 Å². The molecule has 0 aromatic heterocycles. The van der Waals surface area contributed by atoms with Gasteiger partial charge in [0.25, 0.3) is 0 Å². The summed E-state index contributed by atoms with van der Waals surface area (Å²) in [4.78, 5) is 59.9. The standard InChI is InChI=1S/C23H22N2O7/c1-31-20(27)8-7-19(26)25-14-4-6-16-15-5-3-13(24-10-9-21(28)32-2)11-17(15)22(29)23(30)18(16)12-14/h3-6,11-12,24H,7-10H2,1-2H3,(H,25,26). The van der Waals surface area contributed by atoms with Gasteiger partial charge in [0.2, 0.25) is 17.5 Å². The number of benzene rings is 2. The molecule has 0 atom stereocenters. The topological polar surface area (TPSA) is 128 Å². The number of hydrogen-bond acceptors (Lipinski definition) is 8. The van der Waals surface area contributed by atoms with Gasteiger partial charge in [0, 0.05) is 35.5 Å². The molecule has 0 aliphatic heterocycles. The fraction of sp³-hybridized carbons (Fsp3) is 0.261. The van der Waals surface area contributed by atoms with Crippen molar-refractivity contribution in [2.45, 2.75) is 19.3 Å². The molecule has 9 heteroatoms. The maximum Gasteiger partial charge on any atom is 0.307 e. The van der Waals surface area contributed by atoms with Crippen molar-refractivity contribution in [2.75, 3.05) is 31.4 Å². The van der Waals surface area contributed by atoms with E-state index in [2.05, 4.69) is 20.1 Å². The number of ether oxygens (including phenoxy) is 2. The van der Waals surface area contributed by atoms with Crippen LogP contribution in [0.2, 0.25) is 0 Å². The molecule has 9 nitrogen and oxygen atoms in total. The molecule has 2 N–H and O–H groups in total. The quantitative estimate of drug-likeness (QED) is 0.476. The largest absolute Gasteiger partial charge is 0.469 e. The highest BCUT2D eigenvalue weighted by Crippen LogP contribution is 2.36. The first kappa shape index (κ1) is 22.7. The predicted octanol–water partition coefficient (Wildman–Crippen LogP) is 2.60. The van der Waals surface area contributed by atoms with E-state index in [1.54, 1.807) is 30.3 Å². The molecule has 0 unspecified atom stereocenters. The van der Waals surface area contributed by atoms with Gasteiger partial charge >= 0.3 is 11.9 Å². The van der Waals surface area contributed by atoms with Crippen LogP contribution in [0.5, 0.6) is 0 Å². The third-order valence-corrected chi connectivity index (χ3v) is 4.98. The van der Waals surface area contributed by atoms with E-state index in [1.807, 2.05) is 0 Å². The summed E-state index contributed by atoms with van der Waals surface area (Å²) in [5.74, 6) is -2.60. The highest BCUT2D eigenvalue weighted by Gasteiger charge is 2.31. The van der Waals surface area contributed by atoms with Crippen LogP contribution in [-0.2, 0) is 23.9 Å². The van der Waals surface area contributed by atoms with E-state index in [4.69, 9.17) is 0 Å². The minimum Gasteiger partial charge on any atom is -0.469 e. The molecule has 0 radical (unpaired) electrons. The number of hydrogen-bond donors (Lipinski definition) is 2. The zero-order valence-corrected chi connectivity index (χ0v) is 17.7. The lowest BCUT2D eigenvalue weighted by Crippen LogP contribution is -2.22. The Labute approximate surface area is 184 Å². The Balaban J connectivity index is 1.79. The van der Waals surface area contributed by atoms with Crippen LogP contribution in [0.25, 0.3) is 11.1 Å². The van der Waals surface area contributed by atoms with Crippen LogP contribution < -0.4 is 10.6 Å². The van der Waals surface area contributed by atoms with Gasteiger partial charge in [-0.05, 0) is 35.4 Å². The van der Waals surface area contributed by atoms with Gasteiger partial charge in [0.1, 0.15) is 0 Å². The maximum absolute atomic E-state index is 12.7. The SMILES string of the molecule is COC(=O)CCNc1ccc2c(c1)C(=O)C(=O)c1cc(NC(=O)CCC(=O)OC)ccc1-2. The summed E-state index contributed by atoms with van der Waals surface area (Å²) in [5, 5.41) is 5.65. The van der Waals surface area contributed by atoms with Crippen molar-refractivity contribution in [3.05, 3.63) is 47.5 Å². The van der Waals surface area contributed by atoms with Crippen molar-refractivity contribution in [3.63, 3.8) is 0 Å². The second-order valence-corrected chi connectivity index (χ2v) is 7.06. The monoisotopic (exact) mass is 438 g/mol. The summed E-state index contributed by atoms with van der Waals surface area (Å²) >= 11 is 0. The fourth-order valence-electron chi connectivity index (χ4n) is 3.32. The first-order valence-electron chi connectivity index (χ1n) is 9.89. The Morgan fingerprint density at radius 3 is 1.84 bits per heavy atom. The number of methoxy groups -OCH3 is 2. The van der Waals surface area contributed by atoms with E-state index in [-0.39, 0.29) is 36.4 Å². The average Bonchev–Trinajstić information content (AvgIpc) is 2.80. The second-order valence-electron chi connectivity index (χ2n) is 7.06. The second kappa shape index (κ2) is 9.86. The van der Waals surface area contributed by atoms with Crippen LogP contribution in [0.15, 0.2) is 36.4 Å². The third kappa shape index (κ3) is 5.00. The van der Waals surface area contributed by atoms with Gasteiger partial charge in [-0.2, -0.15) is 0 Å². The number of amides is 1. The summed E-state index contributed by atoms with van der Waals surface area (Å²) in [6, 6.07) is 9.82. The zero-order chi connectivity index (χ0) is 23.3. The van der Waals surface area contributed by atoms with Crippen molar-refractivity contribution >= 4 is 40.8 Å². The van der Waals surface area contributed by atoms with Crippen LogP contribution in [-0.4, -0.2) is 50.2 Å².